The van der Waals surface area contributed by atoms with Crippen molar-refractivity contribution in [1.29, 1.82) is 0 Å². The lowest BCUT2D eigenvalue weighted by molar-refractivity contribution is 0.0579. The average molecular weight is 456 g/mol. The number of aromatic nitrogens is 2. The summed E-state index contributed by atoms with van der Waals surface area (Å²) >= 11 is 0. The number of amides is 1. The summed E-state index contributed by atoms with van der Waals surface area (Å²) in [7, 11) is 1.62. The van der Waals surface area contributed by atoms with Gasteiger partial charge >= 0.3 is 0 Å². The van der Waals surface area contributed by atoms with Crippen LogP contribution in [0.25, 0.3) is 16.6 Å². The maximum atomic E-state index is 13.8. The predicted octanol–water partition coefficient (Wildman–Crippen LogP) is 4.93. The molecule has 0 saturated heterocycles. The minimum Gasteiger partial charge on any atom is -0.383 e. The van der Waals surface area contributed by atoms with Crippen molar-refractivity contribution >= 4 is 16.8 Å². The number of carbonyl (C=O) groups is 1. The van der Waals surface area contributed by atoms with Crippen LogP contribution in [0.15, 0.2) is 83.7 Å². The molecule has 0 aliphatic carbocycles. The third-order valence-corrected chi connectivity index (χ3v) is 6.05. The minimum atomic E-state index is -0.431. The van der Waals surface area contributed by atoms with Crippen molar-refractivity contribution in [3.63, 3.8) is 0 Å². The van der Waals surface area contributed by atoms with E-state index >= 15 is 0 Å². The summed E-state index contributed by atoms with van der Waals surface area (Å²) in [4.78, 5) is 34.2. The highest BCUT2D eigenvalue weighted by molar-refractivity contribution is 5.96. The van der Waals surface area contributed by atoms with E-state index < -0.39 is 6.04 Å². The van der Waals surface area contributed by atoms with Gasteiger partial charge in [-0.05, 0) is 49.2 Å². The Morgan fingerprint density at radius 1 is 1.00 bits per heavy atom. The van der Waals surface area contributed by atoms with Gasteiger partial charge in [-0.1, -0.05) is 55.5 Å². The smallest absolute Gasteiger partial charge is 0.266 e. The minimum absolute atomic E-state index is 0.107. The van der Waals surface area contributed by atoms with Crippen LogP contribution < -0.4 is 5.56 Å². The summed E-state index contributed by atoms with van der Waals surface area (Å²) in [5.74, 6) is 0.430. The van der Waals surface area contributed by atoms with Gasteiger partial charge in [0.2, 0.25) is 0 Å². The first-order valence-electron chi connectivity index (χ1n) is 11.5. The number of fused-ring (bicyclic) bond motifs is 1. The zero-order chi connectivity index (χ0) is 24.1. The van der Waals surface area contributed by atoms with E-state index in [0.717, 1.165) is 5.56 Å². The first-order valence-corrected chi connectivity index (χ1v) is 11.5. The molecular weight excluding hydrogens is 426 g/mol. The number of methoxy groups -OCH3 is 1. The fourth-order valence-corrected chi connectivity index (χ4v) is 4.30. The fourth-order valence-electron chi connectivity index (χ4n) is 4.30. The van der Waals surface area contributed by atoms with Crippen LogP contribution in [0.2, 0.25) is 0 Å². The number of hydrogen-bond acceptors (Lipinski definition) is 4. The van der Waals surface area contributed by atoms with E-state index in [2.05, 4.69) is 0 Å². The number of para-hydroxylation sites is 2. The molecule has 4 aromatic rings. The van der Waals surface area contributed by atoms with E-state index in [9.17, 15) is 9.59 Å². The number of benzene rings is 3. The van der Waals surface area contributed by atoms with Crippen LogP contribution in [-0.4, -0.2) is 40.6 Å². The molecular formula is C28H29N3O3. The van der Waals surface area contributed by atoms with Crippen molar-refractivity contribution in [1.82, 2.24) is 14.5 Å². The zero-order valence-electron chi connectivity index (χ0n) is 19.8. The second-order valence-electron chi connectivity index (χ2n) is 8.19. The van der Waals surface area contributed by atoms with Crippen molar-refractivity contribution < 1.29 is 9.53 Å². The Balaban J connectivity index is 1.94. The molecule has 34 heavy (non-hydrogen) atoms. The van der Waals surface area contributed by atoms with Crippen molar-refractivity contribution in [3.05, 3.63) is 106 Å². The maximum absolute atomic E-state index is 13.8. The molecule has 0 aliphatic rings. The molecule has 0 saturated carbocycles. The zero-order valence-corrected chi connectivity index (χ0v) is 19.8. The number of nitrogens with zero attached hydrogens (tertiary/aromatic N) is 3. The molecule has 6 heteroatoms. The highest BCUT2D eigenvalue weighted by Gasteiger charge is 2.30. The van der Waals surface area contributed by atoms with Gasteiger partial charge in [0, 0.05) is 19.2 Å². The van der Waals surface area contributed by atoms with Gasteiger partial charge in [0.05, 0.1) is 29.2 Å². The number of hydrogen-bond donors (Lipinski definition) is 0. The molecule has 0 aliphatic heterocycles. The van der Waals surface area contributed by atoms with E-state index in [4.69, 9.17) is 9.72 Å². The van der Waals surface area contributed by atoms with Gasteiger partial charge in [0.25, 0.3) is 11.5 Å². The Morgan fingerprint density at radius 3 is 2.38 bits per heavy atom. The molecule has 6 nitrogen and oxygen atoms in total. The number of carbonyl (C=O) groups excluding carboxylic acids is 1. The van der Waals surface area contributed by atoms with Gasteiger partial charge in [0.1, 0.15) is 5.82 Å². The van der Waals surface area contributed by atoms with Gasteiger partial charge < -0.3 is 9.64 Å². The number of ether oxygens (including phenoxy) is 1. The molecule has 0 fully saturated rings. The van der Waals surface area contributed by atoms with Gasteiger partial charge in [-0.15, -0.1) is 0 Å². The molecule has 1 atom stereocenters. The first kappa shape index (κ1) is 23.4. The van der Waals surface area contributed by atoms with Crippen LogP contribution in [0.4, 0.5) is 0 Å². The standard InChI is InChI=1S/C28H29N3O3/c1-4-25(30(18-19-34-3)27(32)22-15-9-8-12-20(22)2)26-29-24-17-11-10-16-23(24)28(33)31(26)21-13-6-5-7-14-21/h5-17,25H,4,18-19H2,1-3H3. The Hall–Kier alpha value is -3.77. The Bertz CT molecular complexity index is 1350. The predicted molar refractivity (Wildman–Crippen MR) is 134 cm³/mol. The van der Waals surface area contributed by atoms with Crippen molar-refractivity contribution in [2.24, 2.45) is 0 Å². The van der Waals surface area contributed by atoms with Gasteiger partial charge in [-0.2, -0.15) is 0 Å². The van der Waals surface area contributed by atoms with Crippen LogP contribution in [0.1, 0.15) is 41.1 Å². The highest BCUT2D eigenvalue weighted by atomic mass is 16.5. The third kappa shape index (κ3) is 4.50. The van der Waals surface area contributed by atoms with E-state index in [0.29, 0.717) is 47.6 Å². The van der Waals surface area contributed by atoms with Crippen LogP contribution in [-0.2, 0) is 4.74 Å². The lowest BCUT2D eigenvalue weighted by Gasteiger charge is -2.32. The second-order valence-corrected chi connectivity index (χ2v) is 8.19. The number of rotatable bonds is 8. The Morgan fingerprint density at radius 2 is 1.68 bits per heavy atom. The van der Waals surface area contributed by atoms with Crippen LogP contribution in [0.3, 0.4) is 0 Å². The number of aryl methyl sites for hydroxylation is 1. The largest absolute Gasteiger partial charge is 0.383 e. The normalized spacial score (nSPS) is 12.0. The lowest BCUT2D eigenvalue weighted by atomic mass is 10.0. The van der Waals surface area contributed by atoms with Crippen LogP contribution >= 0.6 is 0 Å². The van der Waals surface area contributed by atoms with Crippen LogP contribution in [0.5, 0.6) is 0 Å². The molecule has 1 aromatic heterocycles. The fraction of sp³-hybridized carbons (Fsp3) is 0.250. The summed E-state index contributed by atoms with van der Waals surface area (Å²) in [5, 5.41) is 0.540. The van der Waals surface area contributed by atoms with Crippen molar-refractivity contribution in [2.45, 2.75) is 26.3 Å². The molecule has 4 rings (SSSR count). The van der Waals surface area contributed by atoms with Crippen molar-refractivity contribution in [3.8, 4) is 5.69 Å². The van der Waals surface area contributed by atoms with E-state index in [-0.39, 0.29) is 11.5 Å². The Kier molecular flexibility index (Phi) is 7.18. The molecule has 0 radical (unpaired) electrons. The molecule has 0 bridgehead atoms. The molecule has 1 unspecified atom stereocenters. The van der Waals surface area contributed by atoms with Gasteiger partial charge in [0.15, 0.2) is 0 Å². The lowest BCUT2D eigenvalue weighted by Crippen LogP contribution is -2.40. The summed E-state index contributed by atoms with van der Waals surface area (Å²) in [6, 6.07) is 23.9. The summed E-state index contributed by atoms with van der Waals surface area (Å²) in [6.45, 7) is 4.68. The summed E-state index contributed by atoms with van der Waals surface area (Å²) in [6.07, 6.45) is 0.582. The Labute approximate surface area is 199 Å². The SMILES string of the molecule is CCC(c1nc2ccccc2c(=O)n1-c1ccccc1)N(CCOC)C(=O)c1ccccc1C. The molecule has 1 amide bonds. The second kappa shape index (κ2) is 10.4. The van der Waals surface area contributed by atoms with E-state index in [1.165, 1.54) is 0 Å². The maximum Gasteiger partial charge on any atom is 0.266 e. The van der Waals surface area contributed by atoms with E-state index in [1.807, 2.05) is 86.6 Å². The summed E-state index contributed by atoms with van der Waals surface area (Å²) in [5.41, 5.74) is 2.71. The quantitative estimate of drug-likeness (QED) is 0.378. The third-order valence-electron chi connectivity index (χ3n) is 6.05. The van der Waals surface area contributed by atoms with Gasteiger partial charge in [-0.3, -0.25) is 14.2 Å². The van der Waals surface area contributed by atoms with E-state index in [1.54, 1.807) is 22.6 Å². The van der Waals surface area contributed by atoms with Crippen LogP contribution in [0, 0.1) is 6.92 Å². The molecule has 174 valence electrons. The van der Waals surface area contributed by atoms with Crippen molar-refractivity contribution in [2.75, 3.05) is 20.3 Å². The highest BCUT2D eigenvalue weighted by Crippen LogP contribution is 2.28. The average Bonchev–Trinajstić information content (AvgIpc) is 2.87. The summed E-state index contributed by atoms with van der Waals surface area (Å²) < 4.78 is 6.99. The molecule has 3 aromatic carbocycles. The topological polar surface area (TPSA) is 64.4 Å². The monoisotopic (exact) mass is 455 g/mol. The molecule has 0 N–H and O–H groups in total. The molecule has 0 spiro atoms. The first-order chi connectivity index (χ1) is 16.6. The van der Waals surface area contributed by atoms with Gasteiger partial charge in [-0.25, -0.2) is 4.98 Å². The molecule has 1 heterocycles.